The Morgan fingerprint density at radius 2 is 1.88 bits per heavy atom. The van der Waals surface area contributed by atoms with E-state index in [0.717, 1.165) is 36.8 Å². The van der Waals surface area contributed by atoms with Crippen LogP contribution in [-0.4, -0.2) is 34.3 Å². The second-order valence-electron chi connectivity index (χ2n) is 7.94. The standard InChI is InChI=1S/C23H25F3N6/c1-27-21(28-14-20-31-30-16-32(20)19-9-3-2-4-10-19)29-15-22(11-6-12-22)17-7-5-8-18(13-17)23(24,25)26/h2-5,7-10,13,16H,6,11-12,14-15H2,1H3,(H2,27,28,29). The molecule has 168 valence electrons. The highest BCUT2D eigenvalue weighted by Gasteiger charge is 2.40. The Bertz CT molecular complexity index is 1070. The number of hydrogen-bond acceptors (Lipinski definition) is 3. The van der Waals surface area contributed by atoms with Crippen LogP contribution >= 0.6 is 0 Å². The lowest BCUT2D eigenvalue weighted by atomic mass is 9.64. The number of nitrogens with zero attached hydrogens (tertiary/aromatic N) is 4. The topological polar surface area (TPSA) is 67.1 Å². The van der Waals surface area contributed by atoms with Gasteiger partial charge in [-0.2, -0.15) is 13.2 Å². The van der Waals surface area contributed by atoms with E-state index in [1.54, 1.807) is 19.4 Å². The van der Waals surface area contributed by atoms with E-state index in [9.17, 15) is 13.2 Å². The van der Waals surface area contributed by atoms with E-state index in [1.165, 1.54) is 12.1 Å². The van der Waals surface area contributed by atoms with Crippen LogP contribution in [0.3, 0.4) is 0 Å². The Morgan fingerprint density at radius 1 is 1.09 bits per heavy atom. The second kappa shape index (κ2) is 9.02. The Morgan fingerprint density at radius 3 is 2.53 bits per heavy atom. The number of benzene rings is 2. The minimum Gasteiger partial charge on any atom is -0.356 e. The number of aliphatic imine (C=N–C) groups is 1. The summed E-state index contributed by atoms with van der Waals surface area (Å²) >= 11 is 0. The summed E-state index contributed by atoms with van der Waals surface area (Å²) in [4.78, 5) is 4.26. The first-order chi connectivity index (χ1) is 15.4. The summed E-state index contributed by atoms with van der Waals surface area (Å²) in [5.74, 6) is 1.28. The third kappa shape index (κ3) is 4.61. The molecule has 2 N–H and O–H groups in total. The molecule has 1 aliphatic carbocycles. The van der Waals surface area contributed by atoms with Crippen molar-refractivity contribution in [3.63, 3.8) is 0 Å². The average Bonchev–Trinajstić information content (AvgIpc) is 3.24. The van der Waals surface area contributed by atoms with Gasteiger partial charge in [0.2, 0.25) is 0 Å². The van der Waals surface area contributed by atoms with E-state index in [2.05, 4.69) is 25.8 Å². The molecule has 1 heterocycles. The Balaban J connectivity index is 1.41. The van der Waals surface area contributed by atoms with Crippen LogP contribution in [-0.2, 0) is 18.1 Å². The van der Waals surface area contributed by atoms with Gasteiger partial charge < -0.3 is 10.6 Å². The summed E-state index contributed by atoms with van der Waals surface area (Å²) in [5, 5.41) is 14.7. The molecule has 6 nitrogen and oxygen atoms in total. The average molecular weight is 442 g/mol. The number of alkyl halides is 3. The van der Waals surface area contributed by atoms with Gasteiger partial charge in [-0.15, -0.1) is 10.2 Å². The number of hydrogen-bond donors (Lipinski definition) is 2. The van der Waals surface area contributed by atoms with E-state index in [0.29, 0.717) is 24.6 Å². The molecule has 32 heavy (non-hydrogen) atoms. The van der Waals surface area contributed by atoms with Gasteiger partial charge in [-0.05, 0) is 36.6 Å². The van der Waals surface area contributed by atoms with Crippen LogP contribution < -0.4 is 10.6 Å². The summed E-state index contributed by atoms with van der Waals surface area (Å²) in [7, 11) is 1.66. The first-order valence-corrected chi connectivity index (χ1v) is 10.5. The smallest absolute Gasteiger partial charge is 0.356 e. The summed E-state index contributed by atoms with van der Waals surface area (Å²) in [6.07, 6.45) is -0.0361. The molecular weight excluding hydrogens is 417 g/mol. The zero-order valence-electron chi connectivity index (χ0n) is 17.7. The number of halogens is 3. The zero-order valence-corrected chi connectivity index (χ0v) is 17.7. The molecule has 1 aromatic heterocycles. The lowest BCUT2D eigenvalue weighted by molar-refractivity contribution is -0.137. The van der Waals surface area contributed by atoms with E-state index < -0.39 is 11.7 Å². The molecule has 3 aromatic rings. The molecule has 0 spiro atoms. The maximum Gasteiger partial charge on any atom is 0.416 e. The molecule has 0 radical (unpaired) electrons. The van der Waals surface area contributed by atoms with Crippen molar-refractivity contribution in [1.29, 1.82) is 0 Å². The van der Waals surface area contributed by atoms with Crippen molar-refractivity contribution in [2.75, 3.05) is 13.6 Å². The van der Waals surface area contributed by atoms with Gasteiger partial charge in [-0.1, -0.05) is 42.8 Å². The van der Waals surface area contributed by atoms with Gasteiger partial charge in [0.05, 0.1) is 12.1 Å². The maximum atomic E-state index is 13.2. The van der Waals surface area contributed by atoms with Crippen LogP contribution in [0.15, 0.2) is 65.9 Å². The predicted molar refractivity (Wildman–Crippen MR) is 117 cm³/mol. The SMILES string of the molecule is CN=C(NCc1nncn1-c1ccccc1)NCC1(c2cccc(C(F)(F)F)c2)CCC1. The molecular formula is C23H25F3N6. The number of aromatic nitrogens is 3. The second-order valence-corrected chi connectivity index (χ2v) is 7.94. The first kappa shape index (κ1) is 21.9. The molecule has 0 amide bonds. The number of rotatable bonds is 6. The first-order valence-electron chi connectivity index (χ1n) is 10.5. The van der Waals surface area contributed by atoms with Crippen molar-refractivity contribution in [3.8, 4) is 5.69 Å². The molecule has 0 atom stereocenters. The van der Waals surface area contributed by atoms with Crippen LogP contribution in [0.1, 0.15) is 36.2 Å². The van der Waals surface area contributed by atoms with E-state index in [1.807, 2.05) is 34.9 Å². The molecule has 9 heteroatoms. The molecule has 0 aliphatic heterocycles. The molecule has 0 bridgehead atoms. The van der Waals surface area contributed by atoms with Gasteiger partial charge in [0, 0.05) is 24.7 Å². The normalized spacial score (nSPS) is 15.8. The highest BCUT2D eigenvalue weighted by molar-refractivity contribution is 5.79. The van der Waals surface area contributed by atoms with E-state index in [-0.39, 0.29) is 5.41 Å². The summed E-state index contributed by atoms with van der Waals surface area (Å²) < 4.78 is 41.4. The minimum absolute atomic E-state index is 0.330. The molecule has 4 rings (SSSR count). The zero-order chi connectivity index (χ0) is 22.6. The van der Waals surface area contributed by atoms with Gasteiger partial charge in [0.1, 0.15) is 6.33 Å². The summed E-state index contributed by atoms with van der Waals surface area (Å²) in [6.45, 7) is 0.893. The number of guanidine groups is 1. The molecule has 0 saturated heterocycles. The fourth-order valence-corrected chi connectivity index (χ4v) is 4.02. The van der Waals surface area contributed by atoms with Gasteiger partial charge in [0.25, 0.3) is 0 Å². The van der Waals surface area contributed by atoms with Gasteiger partial charge >= 0.3 is 6.18 Å². The van der Waals surface area contributed by atoms with Crippen LogP contribution in [0.4, 0.5) is 13.2 Å². The number of nitrogens with one attached hydrogen (secondary N) is 2. The van der Waals surface area contributed by atoms with Crippen molar-refractivity contribution in [3.05, 3.63) is 77.9 Å². The molecule has 1 aliphatic rings. The molecule has 1 fully saturated rings. The highest BCUT2D eigenvalue weighted by atomic mass is 19.4. The fraction of sp³-hybridized carbons (Fsp3) is 0.348. The van der Waals surface area contributed by atoms with Gasteiger partial charge in [-0.25, -0.2) is 0 Å². The largest absolute Gasteiger partial charge is 0.416 e. The van der Waals surface area contributed by atoms with Crippen LogP contribution in [0, 0.1) is 0 Å². The molecule has 0 unspecified atom stereocenters. The molecule has 1 saturated carbocycles. The van der Waals surface area contributed by atoms with Crippen LogP contribution in [0.2, 0.25) is 0 Å². The van der Waals surface area contributed by atoms with Crippen molar-refractivity contribution < 1.29 is 13.2 Å². The third-order valence-electron chi connectivity index (χ3n) is 6.00. The van der Waals surface area contributed by atoms with Crippen LogP contribution in [0.5, 0.6) is 0 Å². The van der Waals surface area contributed by atoms with Gasteiger partial charge in [-0.3, -0.25) is 9.56 Å². The summed E-state index contributed by atoms with van der Waals surface area (Å²) in [5.41, 5.74) is 0.729. The Labute approximate surface area is 184 Å². The lowest BCUT2D eigenvalue weighted by Crippen LogP contribution is -2.48. The van der Waals surface area contributed by atoms with E-state index in [4.69, 9.17) is 0 Å². The fourth-order valence-electron chi connectivity index (χ4n) is 4.02. The quantitative estimate of drug-likeness (QED) is 0.446. The molecule has 2 aromatic carbocycles. The van der Waals surface area contributed by atoms with Gasteiger partial charge in [0.15, 0.2) is 11.8 Å². The van der Waals surface area contributed by atoms with Crippen molar-refractivity contribution >= 4 is 5.96 Å². The Kier molecular flexibility index (Phi) is 6.16. The Hall–Kier alpha value is -3.36. The monoisotopic (exact) mass is 442 g/mol. The van der Waals surface area contributed by atoms with Crippen molar-refractivity contribution in [2.24, 2.45) is 4.99 Å². The maximum absolute atomic E-state index is 13.2. The van der Waals surface area contributed by atoms with E-state index >= 15 is 0 Å². The highest BCUT2D eigenvalue weighted by Crippen LogP contribution is 2.44. The predicted octanol–water partition coefficient (Wildman–Crippen LogP) is 4.07. The van der Waals surface area contributed by atoms with Crippen molar-refractivity contribution in [1.82, 2.24) is 25.4 Å². The minimum atomic E-state index is -4.35. The summed E-state index contributed by atoms with van der Waals surface area (Å²) in [6, 6.07) is 15.4. The van der Waals surface area contributed by atoms with Crippen molar-refractivity contribution in [2.45, 2.75) is 37.4 Å². The third-order valence-corrected chi connectivity index (χ3v) is 6.00. The lowest BCUT2D eigenvalue weighted by Gasteiger charge is -2.43. The van der Waals surface area contributed by atoms with Crippen LogP contribution in [0.25, 0.3) is 5.69 Å². The number of para-hydroxylation sites is 1.